The summed E-state index contributed by atoms with van der Waals surface area (Å²) in [7, 11) is -2.10. The van der Waals surface area contributed by atoms with Crippen molar-refractivity contribution in [3.63, 3.8) is 0 Å². The molecule has 1 heterocycles. The summed E-state index contributed by atoms with van der Waals surface area (Å²) < 4.78 is 38.4. The van der Waals surface area contributed by atoms with E-state index >= 15 is 0 Å². The number of piperidine rings is 1. The van der Waals surface area contributed by atoms with Crippen LogP contribution in [0.4, 0.5) is 0 Å². The first-order valence-corrected chi connectivity index (χ1v) is 12.8. The highest BCUT2D eigenvalue weighted by molar-refractivity contribution is 7.89. The molecule has 1 fully saturated rings. The van der Waals surface area contributed by atoms with Gasteiger partial charge in [-0.25, -0.2) is 8.42 Å². The number of ketones is 1. The molecule has 7 nitrogen and oxygen atoms in total. The number of benzene rings is 2. The van der Waals surface area contributed by atoms with Crippen LogP contribution in [0, 0.1) is 5.92 Å². The highest BCUT2D eigenvalue weighted by Crippen LogP contribution is 2.28. The second-order valence-corrected chi connectivity index (χ2v) is 11.6. The van der Waals surface area contributed by atoms with Crippen LogP contribution >= 0.6 is 0 Å². The Morgan fingerprint density at radius 3 is 2.18 bits per heavy atom. The van der Waals surface area contributed by atoms with E-state index in [4.69, 9.17) is 9.47 Å². The van der Waals surface area contributed by atoms with Crippen LogP contribution < -0.4 is 4.74 Å². The number of rotatable bonds is 7. The van der Waals surface area contributed by atoms with Crippen molar-refractivity contribution in [2.24, 2.45) is 5.92 Å². The molecular weight excluding hydrogens is 454 g/mol. The van der Waals surface area contributed by atoms with E-state index in [1.165, 1.54) is 18.3 Å². The monoisotopic (exact) mass is 487 g/mol. The largest absolute Gasteiger partial charge is 0.496 e. The van der Waals surface area contributed by atoms with Crippen LogP contribution in [-0.4, -0.2) is 44.7 Å². The lowest BCUT2D eigenvalue weighted by Crippen LogP contribution is -2.40. The average molecular weight is 488 g/mol. The first-order chi connectivity index (χ1) is 15.9. The summed E-state index contributed by atoms with van der Waals surface area (Å²) in [6, 6.07) is 12.0. The number of sulfonamides is 1. The summed E-state index contributed by atoms with van der Waals surface area (Å²) in [5, 5.41) is 0. The van der Waals surface area contributed by atoms with Crippen molar-refractivity contribution in [3.8, 4) is 5.75 Å². The highest BCUT2D eigenvalue weighted by Gasteiger charge is 2.33. The Hall–Kier alpha value is -2.71. The van der Waals surface area contributed by atoms with Gasteiger partial charge >= 0.3 is 5.97 Å². The van der Waals surface area contributed by atoms with Crippen LogP contribution in [0.25, 0.3) is 0 Å². The van der Waals surface area contributed by atoms with E-state index < -0.39 is 10.0 Å². The molecule has 0 bridgehead atoms. The molecule has 2 aromatic carbocycles. The molecule has 0 saturated carbocycles. The number of ether oxygens (including phenoxy) is 2. The molecule has 0 aromatic heterocycles. The Bertz CT molecular complexity index is 1140. The lowest BCUT2D eigenvalue weighted by Gasteiger charge is -2.30. The summed E-state index contributed by atoms with van der Waals surface area (Å²) >= 11 is 0. The van der Waals surface area contributed by atoms with Crippen LogP contribution in [0.1, 0.15) is 62.0 Å². The van der Waals surface area contributed by atoms with Crippen molar-refractivity contribution in [1.29, 1.82) is 0 Å². The summed E-state index contributed by atoms with van der Waals surface area (Å²) in [4.78, 5) is 24.6. The van der Waals surface area contributed by atoms with Gasteiger partial charge in [0.2, 0.25) is 10.0 Å². The van der Waals surface area contributed by atoms with E-state index in [0.717, 1.165) is 5.56 Å². The molecule has 0 N–H and O–H groups in total. The first-order valence-electron chi connectivity index (χ1n) is 11.4. The molecule has 2 aromatic rings. The standard InChI is InChI=1S/C26H33NO6S/c1-18(28)20-6-11-24(32-5)21(16-20)17-33-25(29)19-12-14-27(15-13-19)34(30,31)23-9-7-22(8-10-23)26(2,3)4/h6-11,16,19H,12-15,17H2,1-5H3. The molecule has 1 aliphatic rings. The number of carbonyl (C=O) groups is 2. The second kappa shape index (κ2) is 10.3. The van der Waals surface area contributed by atoms with Gasteiger partial charge in [-0.2, -0.15) is 4.31 Å². The van der Waals surface area contributed by atoms with Gasteiger partial charge in [-0.05, 0) is 61.1 Å². The maximum atomic E-state index is 13.1. The van der Waals surface area contributed by atoms with Crippen molar-refractivity contribution in [3.05, 3.63) is 59.2 Å². The maximum Gasteiger partial charge on any atom is 0.309 e. The van der Waals surface area contributed by atoms with Gasteiger partial charge in [0, 0.05) is 24.2 Å². The van der Waals surface area contributed by atoms with Gasteiger partial charge in [-0.1, -0.05) is 32.9 Å². The van der Waals surface area contributed by atoms with Crippen LogP contribution in [-0.2, 0) is 31.6 Å². The molecule has 184 valence electrons. The summed E-state index contributed by atoms with van der Waals surface area (Å²) in [6.07, 6.45) is 0.783. The van der Waals surface area contributed by atoms with E-state index in [0.29, 0.717) is 29.7 Å². The lowest BCUT2D eigenvalue weighted by molar-refractivity contribution is -0.151. The molecule has 0 atom stereocenters. The fourth-order valence-corrected chi connectivity index (χ4v) is 5.45. The number of esters is 1. The van der Waals surface area contributed by atoms with Crippen LogP contribution in [0.15, 0.2) is 47.4 Å². The third-order valence-corrected chi connectivity index (χ3v) is 8.12. The Labute approximate surface area is 202 Å². The SMILES string of the molecule is COc1ccc(C(C)=O)cc1COC(=O)C1CCN(S(=O)(=O)c2ccc(C(C)(C)C)cc2)CC1. The second-order valence-electron chi connectivity index (χ2n) is 9.64. The molecule has 0 radical (unpaired) electrons. The highest BCUT2D eigenvalue weighted by atomic mass is 32.2. The Balaban J connectivity index is 1.60. The maximum absolute atomic E-state index is 13.1. The van der Waals surface area contributed by atoms with Gasteiger partial charge in [0.1, 0.15) is 12.4 Å². The molecule has 0 aliphatic carbocycles. The number of methoxy groups -OCH3 is 1. The summed E-state index contributed by atoms with van der Waals surface area (Å²) in [5.74, 6) is -0.299. The Kier molecular flexibility index (Phi) is 7.83. The van der Waals surface area contributed by atoms with Gasteiger partial charge in [-0.15, -0.1) is 0 Å². The van der Waals surface area contributed by atoms with Crippen molar-refractivity contribution in [2.75, 3.05) is 20.2 Å². The van der Waals surface area contributed by atoms with E-state index in [-0.39, 0.29) is 47.7 Å². The van der Waals surface area contributed by atoms with E-state index in [2.05, 4.69) is 20.8 Å². The van der Waals surface area contributed by atoms with E-state index in [1.54, 1.807) is 30.3 Å². The normalized spacial score (nSPS) is 15.7. The number of hydrogen-bond acceptors (Lipinski definition) is 6. The quantitative estimate of drug-likeness (QED) is 0.426. The summed E-state index contributed by atoms with van der Waals surface area (Å²) in [6.45, 7) is 8.21. The minimum Gasteiger partial charge on any atom is -0.496 e. The van der Waals surface area contributed by atoms with Crippen LogP contribution in [0.3, 0.4) is 0 Å². The minimum atomic E-state index is -3.62. The molecular formula is C26H33NO6S. The third kappa shape index (κ3) is 5.85. The average Bonchev–Trinajstić information content (AvgIpc) is 2.81. The first kappa shape index (κ1) is 25.9. The fourth-order valence-electron chi connectivity index (χ4n) is 3.98. The predicted octanol–water partition coefficient (Wildman–Crippen LogP) is 4.34. The van der Waals surface area contributed by atoms with Crippen LogP contribution in [0.2, 0.25) is 0 Å². The van der Waals surface area contributed by atoms with Gasteiger partial charge in [0.15, 0.2) is 5.78 Å². The van der Waals surface area contributed by atoms with Gasteiger partial charge in [-0.3, -0.25) is 9.59 Å². The topological polar surface area (TPSA) is 90.0 Å². The van der Waals surface area contributed by atoms with Crippen molar-refractivity contribution < 1.29 is 27.5 Å². The molecule has 1 aliphatic heterocycles. The molecule has 0 unspecified atom stereocenters. The lowest BCUT2D eigenvalue weighted by atomic mass is 9.87. The van der Waals surface area contributed by atoms with Gasteiger partial charge in [0.05, 0.1) is 17.9 Å². The van der Waals surface area contributed by atoms with Gasteiger partial charge in [0.25, 0.3) is 0 Å². The molecule has 0 amide bonds. The smallest absolute Gasteiger partial charge is 0.309 e. The van der Waals surface area contributed by atoms with Crippen molar-refractivity contribution >= 4 is 21.8 Å². The van der Waals surface area contributed by atoms with E-state index in [9.17, 15) is 18.0 Å². The zero-order valence-corrected chi connectivity index (χ0v) is 21.3. The third-order valence-electron chi connectivity index (χ3n) is 6.20. The minimum absolute atomic E-state index is 0.0121. The fraction of sp³-hybridized carbons (Fsp3) is 0.462. The molecule has 34 heavy (non-hydrogen) atoms. The number of Topliss-reactive ketones (excluding diaryl/α,β-unsaturated/α-hetero) is 1. The number of carbonyl (C=O) groups excluding carboxylic acids is 2. The van der Waals surface area contributed by atoms with Crippen LogP contribution in [0.5, 0.6) is 5.75 Å². The van der Waals surface area contributed by atoms with Crippen molar-refractivity contribution in [1.82, 2.24) is 4.31 Å². The number of nitrogens with zero attached hydrogens (tertiary/aromatic N) is 1. The zero-order chi connectivity index (χ0) is 25.1. The molecule has 8 heteroatoms. The van der Waals surface area contributed by atoms with Crippen molar-refractivity contribution in [2.45, 2.75) is 57.5 Å². The molecule has 0 spiro atoms. The zero-order valence-electron chi connectivity index (χ0n) is 20.5. The van der Waals surface area contributed by atoms with Gasteiger partial charge < -0.3 is 9.47 Å². The Morgan fingerprint density at radius 1 is 1.03 bits per heavy atom. The number of hydrogen-bond donors (Lipinski definition) is 0. The predicted molar refractivity (Wildman–Crippen MR) is 129 cm³/mol. The molecule has 3 rings (SSSR count). The summed E-state index contributed by atoms with van der Waals surface area (Å²) in [5.41, 5.74) is 2.14. The Morgan fingerprint density at radius 2 is 1.65 bits per heavy atom. The molecule has 1 saturated heterocycles. The van der Waals surface area contributed by atoms with E-state index in [1.807, 2.05) is 12.1 Å².